The predicted molar refractivity (Wildman–Crippen MR) is 72.6 cm³/mol. The molecular formula is C12H17N3O3S. The van der Waals surface area contributed by atoms with Gasteiger partial charge in [-0.1, -0.05) is 0 Å². The number of nitrogens with one attached hydrogen (secondary N) is 1. The van der Waals surface area contributed by atoms with Crippen LogP contribution in [0.15, 0.2) is 11.6 Å². The number of rotatable bonds is 5. The second-order valence-corrected chi connectivity index (χ2v) is 5.47. The van der Waals surface area contributed by atoms with E-state index in [1.54, 1.807) is 21.0 Å². The van der Waals surface area contributed by atoms with Crippen molar-refractivity contribution >= 4 is 22.3 Å². The predicted octanol–water partition coefficient (Wildman–Crippen LogP) is 1.45. The van der Waals surface area contributed by atoms with E-state index in [-0.39, 0.29) is 5.97 Å². The number of carbonyl (C=O) groups excluding carboxylic acids is 1. The molecule has 0 bridgehead atoms. The number of ether oxygens (including phenoxy) is 2. The fraction of sp³-hybridized carbons (Fsp3) is 0.500. The van der Waals surface area contributed by atoms with Crippen LogP contribution in [-0.2, 0) is 16.1 Å². The summed E-state index contributed by atoms with van der Waals surface area (Å²) in [5.74, 6) is 0.262. The highest BCUT2D eigenvalue weighted by atomic mass is 32.1. The van der Waals surface area contributed by atoms with E-state index in [1.165, 1.54) is 18.4 Å². The summed E-state index contributed by atoms with van der Waals surface area (Å²) in [4.78, 5) is 16.9. The molecule has 0 fully saturated rings. The number of methoxy groups -OCH3 is 2. The molecule has 2 aromatic heterocycles. The number of carbonyl (C=O) groups is 1. The molecule has 0 spiro atoms. The Hall–Kier alpha value is -1.60. The summed E-state index contributed by atoms with van der Waals surface area (Å²) in [5.41, 5.74) is 0.121. The van der Waals surface area contributed by atoms with Crippen molar-refractivity contribution in [1.82, 2.24) is 14.7 Å². The van der Waals surface area contributed by atoms with Crippen molar-refractivity contribution in [1.29, 1.82) is 0 Å². The number of hydrogen-bond donors (Lipinski definition) is 1. The van der Waals surface area contributed by atoms with E-state index in [9.17, 15) is 4.79 Å². The molecule has 7 heteroatoms. The van der Waals surface area contributed by atoms with E-state index in [2.05, 4.69) is 10.3 Å². The Balaban J connectivity index is 2.21. The summed E-state index contributed by atoms with van der Waals surface area (Å²) in [5, 5.41) is 5.11. The lowest BCUT2D eigenvalue weighted by Gasteiger charge is -2.23. The van der Waals surface area contributed by atoms with Crippen LogP contribution in [0.4, 0.5) is 0 Å². The molecule has 0 unspecified atom stereocenters. The number of nitrogens with zero attached hydrogens (tertiary/aromatic N) is 2. The van der Waals surface area contributed by atoms with Crippen LogP contribution in [0.3, 0.4) is 0 Å². The van der Waals surface area contributed by atoms with Gasteiger partial charge in [-0.25, -0.2) is 0 Å². The van der Waals surface area contributed by atoms with Crippen LogP contribution < -0.4 is 10.1 Å². The van der Waals surface area contributed by atoms with E-state index in [0.29, 0.717) is 12.4 Å². The maximum Gasteiger partial charge on any atom is 0.325 e. The Kier molecular flexibility index (Phi) is 3.77. The number of aromatic nitrogens is 2. The van der Waals surface area contributed by atoms with Gasteiger partial charge in [-0.3, -0.25) is 14.5 Å². The zero-order valence-electron chi connectivity index (χ0n) is 11.4. The lowest BCUT2D eigenvalue weighted by molar-refractivity contribution is -0.147. The van der Waals surface area contributed by atoms with Crippen LogP contribution >= 0.6 is 11.3 Å². The molecule has 2 aromatic rings. The fourth-order valence-electron chi connectivity index (χ4n) is 1.77. The van der Waals surface area contributed by atoms with Crippen molar-refractivity contribution in [3.8, 4) is 5.88 Å². The Morgan fingerprint density at radius 2 is 2.26 bits per heavy atom. The van der Waals surface area contributed by atoms with E-state index in [4.69, 9.17) is 9.47 Å². The molecular weight excluding hydrogens is 266 g/mol. The first kappa shape index (κ1) is 13.8. The maximum atomic E-state index is 11.6. The van der Waals surface area contributed by atoms with Gasteiger partial charge in [0.25, 0.3) is 0 Å². The molecule has 0 radical (unpaired) electrons. The summed E-state index contributed by atoms with van der Waals surface area (Å²) >= 11 is 1.53. The molecule has 2 rings (SSSR count). The quantitative estimate of drug-likeness (QED) is 0.841. The summed E-state index contributed by atoms with van der Waals surface area (Å²) in [7, 11) is 2.96. The number of imidazole rings is 1. The minimum atomic E-state index is -0.764. The van der Waals surface area contributed by atoms with Crippen LogP contribution in [0, 0.1) is 0 Å². The molecule has 1 N–H and O–H groups in total. The van der Waals surface area contributed by atoms with Crippen molar-refractivity contribution in [3.05, 3.63) is 17.3 Å². The smallest absolute Gasteiger partial charge is 0.325 e. The topological polar surface area (TPSA) is 64.9 Å². The van der Waals surface area contributed by atoms with Gasteiger partial charge in [0.15, 0.2) is 4.96 Å². The molecule has 0 atom stereocenters. The van der Waals surface area contributed by atoms with Crippen LogP contribution in [0.25, 0.3) is 4.96 Å². The maximum absolute atomic E-state index is 11.6. The normalized spacial score (nSPS) is 11.8. The second kappa shape index (κ2) is 5.18. The SMILES string of the molecule is COC(=O)C(C)(C)NCc1c(OC)nc2sccn12. The first-order chi connectivity index (χ1) is 8.99. The van der Waals surface area contributed by atoms with Gasteiger partial charge in [-0.2, -0.15) is 4.98 Å². The number of fused-ring (bicyclic) bond motifs is 1. The molecule has 0 aliphatic heterocycles. The first-order valence-corrected chi connectivity index (χ1v) is 6.69. The lowest BCUT2D eigenvalue weighted by Crippen LogP contribution is -2.47. The van der Waals surface area contributed by atoms with E-state index >= 15 is 0 Å². The number of thiazole rings is 1. The lowest BCUT2D eigenvalue weighted by atomic mass is 10.1. The van der Waals surface area contributed by atoms with Gasteiger partial charge in [0.2, 0.25) is 5.88 Å². The minimum absolute atomic E-state index is 0.308. The monoisotopic (exact) mass is 283 g/mol. The van der Waals surface area contributed by atoms with Crippen LogP contribution in [0.2, 0.25) is 0 Å². The van der Waals surface area contributed by atoms with Crippen molar-refractivity contribution in [3.63, 3.8) is 0 Å². The largest absolute Gasteiger partial charge is 0.480 e. The summed E-state index contributed by atoms with van der Waals surface area (Å²) in [6, 6.07) is 0. The van der Waals surface area contributed by atoms with Gasteiger partial charge in [0.1, 0.15) is 11.2 Å². The third-order valence-corrected chi connectivity index (χ3v) is 3.67. The van der Waals surface area contributed by atoms with Crippen LogP contribution in [0.1, 0.15) is 19.5 Å². The molecule has 0 amide bonds. The van der Waals surface area contributed by atoms with Gasteiger partial charge in [0, 0.05) is 18.1 Å². The molecule has 19 heavy (non-hydrogen) atoms. The number of esters is 1. The minimum Gasteiger partial charge on any atom is -0.480 e. The van der Waals surface area contributed by atoms with Crippen molar-refractivity contribution in [2.75, 3.05) is 14.2 Å². The summed E-state index contributed by atoms with van der Waals surface area (Å²) < 4.78 is 12.0. The average molecular weight is 283 g/mol. The Morgan fingerprint density at radius 1 is 1.53 bits per heavy atom. The van der Waals surface area contributed by atoms with Gasteiger partial charge in [-0.15, -0.1) is 11.3 Å². The molecule has 0 saturated carbocycles. The van der Waals surface area contributed by atoms with E-state index in [1.807, 2.05) is 16.0 Å². The van der Waals surface area contributed by atoms with E-state index < -0.39 is 5.54 Å². The third kappa shape index (κ3) is 2.57. The third-order valence-electron chi connectivity index (χ3n) is 2.91. The highest BCUT2D eigenvalue weighted by Crippen LogP contribution is 2.23. The number of hydrogen-bond acceptors (Lipinski definition) is 6. The molecule has 0 aromatic carbocycles. The molecule has 0 aliphatic rings. The standard InChI is InChI=1S/C12H17N3O3S/c1-12(2,10(16)18-4)13-7-8-9(17-3)14-11-15(8)5-6-19-11/h5-6,13H,7H2,1-4H3. The van der Waals surface area contributed by atoms with Crippen molar-refractivity contribution < 1.29 is 14.3 Å². The first-order valence-electron chi connectivity index (χ1n) is 5.81. The zero-order valence-corrected chi connectivity index (χ0v) is 12.2. The molecule has 0 aliphatic carbocycles. The average Bonchev–Trinajstić information content (AvgIpc) is 2.95. The van der Waals surface area contributed by atoms with Crippen LogP contribution in [-0.4, -0.2) is 35.1 Å². The Labute approximate surface area is 115 Å². The summed E-state index contributed by atoms with van der Waals surface area (Å²) in [6.07, 6.45) is 1.93. The Bertz CT molecular complexity index is 588. The van der Waals surface area contributed by atoms with Gasteiger partial charge >= 0.3 is 5.97 Å². The highest BCUT2D eigenvalue weighted by molar-refractivity contribution is 7.15. The van der Waals surface area contributed by atoms with Gasteiger partial charge in [0.05, 0.1) is 14.2 Å². The molecule has 0 saturated heterocycles. The van der Waals surface area contributed by atoms with Gasteiger partial charge in [-0.05, 0) is 13.8 Å². The highest BCUT2D eigenvalue weighted by Gasteiger charge is 2.29. The molecule has 6 nitrogen and oxygen atoms in total. The molecule has 104 valence electrons. The van der Waals surface area contributed by atoms with Crippen molar-refractivity contribution in [2.24, 2.45) is 0 Å². The van der Waals surface area contributed by atoms with Gasteiger partial charge < -0.3 is 9.47 Å². The van der Waals surface area contributed by atoms with Crippen molar-refractivity contribution in [2.45, 2.75) is 25.9 Å². The fourth-order valence-corrected chi connectivity index (χ4v) is 2.49. The second-order valence-electron chi connectivity index (χ2n) is 4.59. The van der Waals surface area contributed by atoms with Crippen LogP contribution in [0.5, 0.6) is 5.88 Å². The molecule has 2 heterocycles. The van der Waals surface area contributed by atoms with E-state index in [0.717, 1.165) is 10.7 Å². The zero-order chi connectivity index (χ0) is 14.0. The summed E-state index contributed by atoms with van der Waals surface area (Å²) in [6.45, 7) is 4.01. The Morgan fingerprint density at radius 3 is 2.89 bits per heavy atom.